The van der Waals surface area contributed by atoms with Crippen LogP contribution in [0.15, 0.2) is 40.2 Å². The van der Waals surface area contributed by atoms with Gasteiger partial charge in [0.15, 0.2) is 0 Å². The Morgan fingerprint density at radius 1 is 1.53 bits per heavy atom. The Hall–Kier alpha value is -0.250. The molecule has 3 heteroatoms. The molecule has 80 valence electrons. The van der Waals surface area contributed by atoms with Crippen molar-refractivity contribution in [1.82, 2.24) is 5.32 Å². The predicted molar refractivity (Wildman–Crippen MR) is 70.8 cm³/mol. The lowest BCUT2D eigenvalue weighted by Gasteiger charge is -2.11. The summed E-state index contributed by atoms with van der Waals surface area (Å²) in [4.78, 5) is 1.45. The van der Waals surface area contributed by atoms with Gasteiger partial charge in [0.05, 0.1) is 0 Å². The molecule has 15 heavy (non-hydrogen) atoms. The van der Waals surface area contributed by atoms with Crippen molar-refractivity contribution in [3.8, 4) is 0 Å². The van der Waals surface area contributed by atoms with Crippen molar-refractivity contribution in [1.29, 1.82) is 0 Å². The Kier molecular flexibility index (Phi) is 3.89. The second-order valence-electron chi connectivity index (χ2n) is 3.69. The van der Waals surface area contributed by atoms with Crippen LogP contribution in [0.4, 0.5) is 0 Å². The van der Waals surface area contributed by atoms with Gasteiger partial charge in [-0.2, -0.15) is 0 Å². The summed E-state index contributed by atoms with van der Waals surface area (Å²) in [7, 11) is 0. The molecular formula is C12H14BrNS. The van der Waals surface area contributed by atoms with Crippen molar-refractivity contribution in [3.05, 3.63) is 40.9 Å². The van der Waals surface area contributed by atoms with Crippen LogP contribution in [0.1, 0.15) is 11.5 Å². The lowest BCUT2D eigenvalue weighted by molar-refractivity contribution is 0.658. The van der Waals surface area contributed by atoms with Gasteiger partial charge >= 0.3 is 0 Å². The zero-order valence-electron chi connectivity index (χ0n) is 8.50. The minimum absolute atomic E-state index is 0.651. The molecule has 0 bridgehead atoms. The van der Waals surface area contributed by atoms with Gasteiger partial charge in [0.1, 0.15) is 0 Å². The van der Waals surface area contributed by atoms with Crippen LogP contribution in [-0.2, 0) is 0 Å². The van der Waals surface area contributed by atoms with Crippen LogP contribution < -0.4 is 5.32 Å². The summed E-state index contributed by atoms with van der Waals surface area (Å²) >= 11 is 5.31. The summed E-state index contributed by atoms with van der Waals surface area (Å²) in [5.41, 5.74) is 1.50. The van der Waals surface area contributed by atoms with Crippen LogP contribution in [0.2, 0.25) is 0 Å². The Labute approximate surface area is 103 Å². The first-order chi connectivity index (χ1) is 7.27. The first-order valence-corrected chi connectivity index (χ1v) is 6.81. The standard InChI is InChI=1S/C12H14BrNS/c1-9(13)6-14-7-10-8-15-12-5-3-2-4-11(10)12/h2-5,10,14H,1,6-8H2. The molecule has 1 aliphatic heterocycles. The summed E-state index contributed by atoms with van der Waals surface area (Å²) in [6.45, 7) is 5.70. The number of benzene rings is 1. The number of rotatable bonds is 4. The summed E-state index contributed by atoms with van der Waals surface area (Å²) in [6.07, 6.45) is 0. The van der Waals surface area contributed by atoms with Gasteiger partial charge in [-0.05, 0) is 11.6 Å². The van der Waals surface area contributed by atoms with Crippen molar-refractivity contribution in [2.45, 2.75) is 10.8 Å². The normalized spacial score (nSPS) is 18.9. The fraction of sp³-hybridized carbons (Fsp3) is 0.333. The Morgan fingerprint density at radius 3 is 3.13 bits per heavy atom. The summed E-state index contributed by atoms with van der Waals surface area (Å²) < 4.78 is 1.02. The first-order valence-electron chi connectivity index (χ1n) is 5.03. The van der Waals surface area contributed by atoms with E-state index in [-0.39, 0.29) is 0 Å². The molecule has 1 nitrogen and oxygen atoms in total. The van der Waals surface area contributed by atoms with Crippen molar-refractivity contribution in [3.63, 3.8) is 0 Å². The van der Waals surface area contributed by atoms with Gasteiger partial charge in [-0.1, -0.05) is 40.7 Å². The van der Waals surface area contributed by atoms with Gasteiger partial charge in [0.25, 0.3) is 0 Å². The quantitative estimate of drug-likeness (QED) is 0.909. The van der Waals surface area contributed by atoms with E-state index in [1.165, 1.54) is 16.2 Å². The number of fused-ring (bicyclic) bond motifs is 1. The molecule has 1 aliphatic rings. The molecule has 1 heterocycles. The molecule has 1 unspecified atom stereocenters. The second kappa shape index (κ2) is 5.19. The second-order valence-corrected chi connectivity index (χ2v) is 5.88. The van der Waals surface area contributed by atoms with Crippen molar-refractivity contribution < 1.29 is 0 Å². The maximum Gasteiger partial charge on any atom is 0.0265 e. The fourth-order valence-electron chi connectivity index (χ4n) is 1.78. The van der Waals surface area contributed by atoms with E-state index in [0.717, 1.165) is 17.6 Å². The molecule has 0 saturated carbocycles. The van der Waals surface area contributed by atoms with E-state index in [0.29, 0.717) is 5.92 Å². The van der Waals surface area contributed by atoms with Gasteiger partial charge in [-0.15, -0.1) is 11.8 Å². The summed E-state index contributed by atoms with van der Waals surface area (Å²) in [5, 5.41) is 3.41. The lowest BCUT2D eigenvalue weighted by atomic mass is 10.0. The highest BCUT2D eigenvalue weighted by Crippen LogP contribution is 2.38. The Morgan fingerprint density at radius 2 is 2.33 bits per heavy atom. The minimum atomic E-state index is 0.651. The molecule has 1 aromatic rings. The van der Waals surface area contributed by atoms with E-state index in [2.05, 4.69) is 52.1 Å². The Bertz CT molecular complexity index is 364. The Balaban J connectivity index is 1.93. The van der Waals surface area contributed by atoms with Crippen molar-refractivity contribution >= 4 is 27.7 Å². The minimum Gasteiger partial charge on any atom is -0.312 e. The molecule has 2 rings (SSSR count). The molecule has 1 N–H and O–H groups in total. The molecule has 0 spiro atoms. The maximum absolute atomic E-state index is 3.81. The number of hydrogen-bond donors (Lipinski definition) is 1. The van der Waals surface area contributed by atoms with Gasteiger partial charge in [-0.3, -0.25) is 0 Å². The number of hydrogen-bond acceptors (Lipinski definition) is 2. The smallest absolute Gasteiger partial charge is 0.0265 e. The van der Waals surface area contributed by atoms with Crippen LogP contribution in [-0.4, -0.2) is 18.8 Å². The number of thioether (sulfide) groups is 1. The van der Waals surface area contributed by atoms with Crippen LogP contribution in [0, 0.1) is 0 Å². The van der Waals surface area contributed by atoms with E-state index in [9.17, 15) is 0 Å². The van der Waals surface area contributed by atoms with E-state index in [1.807, 2.05) is 11.8 Å². The highest BCUT2D eigenvalue weighted by atomic mass is 79.9. The van der Waals surface area contributed by atoms with Crippen LogP contribution >= 0.6 is 27.7 Å². The fourth-order valence-corrected chi connectivity index (χ4v) is 3.23. The summed E-state index contributed by atoms with van der Waals surface area (Å²) in [6, 6.07) is 8.69. The largest absolute Gasteiger partial charge is 0.312 e. The zero-order valence-corrected chi connectivity index (χ0v) is 10.9. The monoisotopic (exact) mass is 283 g/mol. The molecular weight excluding hydrogens is 270 g/mol. The number of halogens is 1. The molecule has 1 atom stereocenters. The molecule has 0 amide bonds. The number of nitrogens with one attached hydrogen (secondary N) is 1. The van der Waals surface area contributed by atoms with Gasteiger partial charge in [0.2, 0.25) is 0 Å². The SMILES string of the molecule is C=C(Br)CNCC1CSc2ccccc21. The van der Waals surface area contributed by atoms with E-state index in [4.69, 9.17) is 0 Å². The van der Waals surface area contributed by atoms with E-state index in [1.54, 1.807) is 0 Å². The van der Waals surface area contributed by atoms with E-state index < -0.39 is 0 Å². The maximum atomic E-state index is 3.81. The van der Waals surface area contributed by atoms with Crippen LogP contribution in [0.5, 0.6) is 0 Å². The third-order valence-electron chi connectivity index (χ3n) is 2.51. The predicted octanol–water partition coefficient (Wildman–Crippen LogP) is 3.37. The third kappa shape index (κ3) is 2.86. The first kappa shape index (κ1) is 11.2. The van der Waals surface area contributed by atoms with Gasteiger partial charge in [-0.25, -0.2) is 0 Å². The highest BCUT2D eigenvalue weighted by molar-refractivity contribution is 9.11. The lowest BCUT2D eigenvalue weighted by Crippen LogP contribution is -2.22. The van der Waals surface area contributed by atoms with Gasteiger partial charge < -0.3 is 5.32 Å². The topological polar surface area (TPSA) is 12.0 Å². The molecule has 0 aromatic heterocycles. The molecule has 0 saturated heterocycles. The molecule has 0 radical (unpaired) electrons. The highest BCUT2D eigenvalue weighted by Gasteiger charge is 2.21. The third-order valence-corrected chi connectivity index (χ3v) is 4.04. The zero-order chi connectivity index (χ0) is 10.7. The van der Waals surface area contributed by atoms with Crippen molar-refractivity contribution in [2.75, 3.05) is 18.8 Å². The van der Waals surface area contributed by atoms with Crippen molar-refractivity contribution in [2.24, 2.45) is 0 Å². The van der Waals surface area contributed by atoms with Gasteiger partial charge in [0, 0.05) is 34.1 Å². The average Bonchev–Trinajstić information content (AvgIpc) is 2.62. The van der Waals surface area contributed by atoms with Crippen LogP contribution in [0.3, 0.4) is 0 Å². The van der Waals surface area contributed by atoms with E-state index >= 15 is 0 Å². The molecule has 0 fully saturated rings. The van der Waals surface area contributed by atoms with Crippen LogP contribution in [0.25, 0.3) is 0 Å². The summed E-state index contributed by atoms with van der Waals surface area (Å²) in [5.74, 6) is 1.85. The molecule has 0 aliphatic carbocycles. The molecule has 1 aromatic carbocycles. The average molecular weight is 284 g/mol.